The molecule has 0 amide bonds. The number of hydrogen-bond donors (Lipinski definition) is 0. The van der Waals surface area contributed by atoms with E-state index in [1.807, 2.05) is 22.7 Å². The second-order valence-electron chi connectivity index (χ2n) is 4.76. The maximum atomic E-state index is 12.2. The Morgan fingerprint density at radius 2 is 2.13 bits per heavy atom. The highest BCUT2D eigenvalue weighted by Gasteiger charge is 2.09. The Kier molecular flexibility index (Phi) is 4.03. The summed E-state index contributed by atoms with van der Waals surface area (Å²) in [5.74, 6) is -0.307. The minimum Gasteiger partial charge on any atom is -0.299 e. The normalized spacial score (nSPS) is 11.2. The fourth-order valence-corrected chi connectivity index (χ4v) is 2.46. The number of ketones is 1. The Bertz CT molecular complexity index is 947. The number of benzene rings is 1. The maximum absolute atomic E-state index is 12.2. The van der Waals surface area contributed by atoms with Gasteiger partial charge in [0.2, 0.25) is 0 Å². The van der Waals surface area contributed by atoms with Crippen LogP contribution in [0.1, 0.15) is 16.1 Å². The molecule has 2 heterocycles. The van der Waals surface area contributed by atoms with E-state index in [9.17, 15) is 14.9 Å². The summed E-state index contributed by atoms with van der Waals surface area (Å²) in [6, 6.07) is 9.38. The van der Waals surface area contributed by atoms with Crippen LogP contribution < -0.4 is 0 Å². The van der Waals surface area contributed by atoms with E-state index in [1.165, 1.54) is 24.3 Å². The lowest BCUT2D eigenvalue weighted by molar-refractivity contribution is -0.384. The summed E-state index contributed by atoms with van der Waals surface area (Å²) in [6.45, 7) is 0. The van der Waals surface area contributed by atoms with Crippen LogP contribution in [0.3, 0.4) is 0 Å². The van der Waals surface area contributed by atoms with Crippen LogP contribution in [0, 0.1) is 10.1 Å². The molecule has 23 heavy (non-hydrogen) atoms. The SMILES string of the molecule is O=C(C=Cc1cnc2ccc(Br)cn12)c1cccc([N+](=O)[O-])c1. The number of halogens is 1. The van der Waals surface area contributed by atoms with Crippen molar-refractivity contribution in [2.75, 3.05) is 0 Å². The molecule has 0 unspecified atom stereocenters. The number of carbonyl (C=O) groups is 1. The van der Waals surface area contributed by atoms with Crippen molar-refractivity contribution in [3.8, 4) is 0 Å². The molecule has 0 N–H and O–H groups in total. The number of nitro groups is 1. The van der Waals surface area contributed by atoms with E-state index in [0.29, 0.717) is 0 Å². The van der Waals surface area contributed by atoms with Gasteiger partial charge in [-0.1, -0.05) is 12.1 Å². The Morgan fingerprint density at radius 1 is 1.30 bits per heavy atom. The summed E-state index contributed by atoms with van der Waals surface area (Å²) in [5.41, 5.74) is 1.66. The Balaban J connectivity index is 1.89. The van der Waals surface area contributed by atoms with Gasteiger partial charge < -0.3 is 0 Å². The molecule has 0 spiro atoms. The molecule has 0 radical (unpaired) electrons. The molecule has 0 saturated carbocycles. The first-order chi connectivity index (χ1) is 11.0. The molecular weight excluding hydrogens is 362 g/mol. The number of nitro benzene ring substituents is 1. The zero-order valence-corrected chi connectivity index (χ0v) is 13.3. The molecule has 3 rings (SSSR count). The van der Waals surface area contributed by atoms with Crippen molar-refractivity contribution in [2.24, 2.45) is 0 Å². The van der Waals surface area contributed by atoms with E-state index in [-0.39, 0.29) is 17.0 Å². The van der Waals surface area contributed by atoms with Crippen molar-refractivity contribution in [1.29, 1.82) is 0 Å². The van der Waals surface area contributed by atoms with Gasteiger partial charge in [-0.3, -0.25) is 19.3 Å². The highest BCUT2D eigenvalue weighted by molar-refractivity contribution is 9.10. The van der Waals surface area contributed by atoms with Crippen LogP contribution in [0.5, 0.6) is 0 Å². The first kappa shape index (κ1) is 15.1. The second-order valence-corrected chi connectivity index (χ2v) is 5.68. The smallest absolute Gasteiger partial charge is 0.270 e. The maximum Gasteiger partial charge on any atom is 0.270 e. The van der Waals surface area contributed by atoms with Gasteiger partial charge >= 0.3 is 0 Å². The van der Waals surface area contributed by atoms with Crippen LogP contribution in [0.4, 0.5) is 5.69 Å². The Hall–Kier alpha value is -2.80. The van der Waals surface area contributed by atoms with Crippen molar-refractivity contribution < 1.29 is 9.72 Å². The van der Waals surface area contributed by atoms with Gasteiger partial charge in [0.1, 0.15) is 5.65 Å². The van der Waals surface area contributed by atoms with Crippen LogP contribution >= 0.6 is 15.9 Å². The van der Waals surface area contributed by atoms with Crippen molar-refractivity contribution in [3.63, 3.8) is 0 Å². The van der Waals surface area contributed by atoms with Gasteiger partial charge in [-0.15, -0.1) is 0 Å². The molecule has 6 nitrogen and oxygen atoms in total. The summed E-state index contributed by atoms with van der Waals surface area (Å²) in [7, 11) is 0. The number of nitrogens with zero attached hydrogens (tertiary/aromatic N) is 3. The molecule has 0 aliphatic rings. The zero-order valence-electron chi connectivity index (χ0n) is 11.7. The molecule has 114 valence electrons. The first-order valence-electron chi connectivity index (χ1n) is 6.64. The van der Waals surface area contributed by atoms with E-state index >= 15 is 0 Å². The highest BCUT2D eigenvalue weighted by atomic mass is 79.9. The summed E-state index contributed by atoms with van der Waals surface area (Å²) in [5, 5.41) is 10.8. The zero-order chi connectivity index (χ0) is 16.4. The van der Waals surface area contributed by atoms with Crippen molar-refractivity contribution >= 4 is 39.1 Å². The average Bonchev–Trinajstić information content (AvgIpc) is 2.95. The lowest BCUT2D eigenvalue weighted by atomic mass is 10.1. The van der Waals surface area contributed by atoms with Crippen molar-refractivity contribution in [3.05, 3.63) is 80.7 Å². The average molecular weight is 372 g/mol. The van der Waals surface area contributed by atoms with Gasteiger partial charge in [0.25, 0.3) is 5.69 Å². The van der Waals surface area contributed by atoms with Crippen LogP contribution in [-0.2, 0) is 0 Å². The van der Waals surface area contributed by atoms with Crippen LogP contribution in [0.2, 0.25) is 0 Å². The van der Waals surface area contributed by atoms with E-state index < -0.39 is 4.92 Å². The van der Waals surface area contributed by atoms with Crippen LogP contribution in [-0.4, -0.2) is 20.1 Å². The monoisotopic (exact) mass is 371 g/mol. The lowest BCUT2D eigenvalue weighted by Crippen LogP contribution is -1.96. The summed E-state index contributed by atoms with van der Waals surface area (Å²) in [4.78, 5) is 26.6. The van der Waals surface area contributed by atoms with E-state index in [1.54, 1.807) is 18.3 Å². The van der Waals surface area contributed by atoms with Gasteiger partial charge in [-0.25, -0.2) is 4.98 Å². The fourth-order valence-electron chi connectivity index (χ4n) is 2.13. The van der Waals surface area contributed by atoms with Crippen LogP contribution in [0.15, 0.2) is 59.3 Å². The molecule has 0 fully saturated rings. The van der Waals surface area contributed by atoms with E-state index in [4.69, 9.17) is 0 Å². The molecule has 2 aromatic heterocycles. The number of carbonyl (C=O) groups excluding carboxylic acids is 1. The largest absolute Gasteiger partial charge is 0.299 e. The number of hydrogen-bond acceptors (Lipinski definition) is 4. The predicted molar refractivity (Wildman–Crippen MR) is 89.4 cm³/mol. The number of aromatic nitrogens is 2. The summed E-state index contributed by atoms with van der Waals surface area (Å²) < 4.78 is 2.73. The third-order valence-electron chi connectivity index (χ3n) is 3.25. The number of rotatable bonds is 4. The third kappa shape index (κ3) is 3.19. The molecular formula is C16H10BrN3O3. The minimum absolute atomic E-state index is 0.108. The van der Waals surface area contributed by atoms with Gasteiger partial charge in [0.05, 0.1) is 16.8 Å². The molecule has 0 atom stereocenters. The minimum atomic E-state index is -0.525. The number of imidazole rings is 1. The third-order valence-corrected chi connectivity index (χ3v) is 3.71. The Morgan fingerprint density at radius 3 is 2.91 bits per heavy atom. The van der Waals surface area contributed by atoms with Gasteiger partial charge in [0, 0.05) is 28.4 Å². The quantitative estimate of drug-likeness (QED) is 0.301. The topological polar surface area (TPSA) is 77.5 Å². The van der Waals surface area contributed by atoms with Crippen molar-refractivity contribution in [1.82, 2.24) is 9.38 Å². The van der Waals surface area contributed by atoms with Gasteiger partial charge in [-0.2, -0.15) is 0 Å². The van der Waals surface area contributed by atoms with E-state index in [0.717, 1.165) is 15.8 Å². The molecule has 3 aromatic rings. The first-order valence-corrected chi connectivity index (χ1v) is 7.43. The molecule has 1 aromatic carbocycles. The summed E-state index contributed by atoms with van der Waals surface area (Å²) in [6.07, 6.45) is 6.51. The van der Waals surface area contributed by atoms with Crippen molar-refractivity contribution in [2.45, 2.75) is 0 Å². The number of non-ortho nitro benzene ring substituents is 1. The highest BCUT2D eigenvalue weighted by Crippen LogP contribution is 2.16. The molecule has 0 bridgehead atoms. The molecule has 0 aliphatic carbocycles. The molecule has 0 aliphatic heterocycles. The van der Waals surface area contributed by atoms with E-state index in [2.05, 4.69) is 20.9 Å². The summed E-state index contributed by atoms with van der Waals surface area (Å²) >= 11 is 3.39. The standard InChI is InChI=1S/C16H10BrN3O3/c17-12-4-7-16-18-9-14(19(16)10-12)5-6-15(21)11-2-1-3-13(8-11)20(22)23/h1-10H. The predicted octanol–water partition coefficient (Wildman–Crippen LogP) is 3.90. The number of fused-ring (bicyclic) bond motifs is 1. The fraction of sp³-hybridized carbons (Fsp3) is 0. The lowest BCUT2D eigenvalue weighted by Gasteiger charge is -1.98. The second kappa shape index (κ2) is 6.13. The Labute approximate surface area is 139 Å². The number of pyridine rings is 1. The van der Waals surface area contributed by atoms with Gasteiger partial charge in [0.15, 0.2) is 5.78 Å². The number of allylic oxidation sites excluding steroid dienone is 1. The van der Waals surface area contributed by atoms with Gasteiger partial charge in [-0.05, 0) is 40.2 Å². The molecule has 7 heteroatoms. The van der Waals surface area contributed by atoms with Crippen LogP contribution in [0.25, 0.3) is 11.7 Å². The molecule has 0 saturated heterocycles.